The predicted octanol–water partition coefficient (Wildman–Crippen LogP) is 1.10. The van der Waals surface area contributed by atoms with Gasteiger partial charge in [-0.25, -0.2) is 4.98 Å². The molecule has 58 valence electrons. The van der Waals surface area contributed by atoms with Crippen LogP contribution in [0.15, 0.2) is 0 Å². The molecule has 0 radical (unpaired) electrons. The molecular weight excluding hydrogens is 138 g/mol. The van der Waals surface area contributed by atoms with E-state index in [0.29, 0.717) is 6.42 Å². The first kappa shape index (κ1) is 7.80. The van der Waals surface area contributed by atoms with Crippen LogP contribution in [0.4, 0.5) is 0 Å². The third-order valence-corrected chi connectivity index (χ3v) is 1.95. The van der Waals surface area contributed by atoms with Crippen LogP contribution >= 0.6 is 0 Å². The third-order valence-electron chi connectivity index (χ3n) is 1.95. The molecule has 0 bridgehead atoms. The molecule has 0 atom stereocenters. The van der Waals surface area contributed by atoms with Crippen LogP contribution in [0, 0.1) is 25.2 Å². The van der Waals surface area contributed by atoms with Crippen LogP contribution in [-0.2, 0) is 13.5 Å². The minimum Gasteiger partial charge on any atom is -0.334 e. The summed E-state index contributed by atoms with van der Waals surface area (Å²) in [5.74, 6) is 0.850. The summed E-state index contributed by atoms with van der Waals surface area (Å²) in [6.45, 7) is 3.96. The summed E-state index contributed by atoms with van der Waals surface area (Å²) >= 11 is 0. The van der Waals surface area contributed by atoms with Crippen molar-refractivity contribution in [2.45, 2.75) is 20.3 Å². The number of nitriles is 1. The molecule has 0 spiro atoms. The lowest BCUT2D eigenvalue weighted by Gasteiger charge is -1.96. The van der Waals surface area contributed by atoms with Gasteiger partial charge in [-0.15, -0.1) is 0 Å². The molecule has 0 aliphatic carbocycles. The predicted molar refractivity (Wildman–Crippen MR) is 42.0 cm³/mol. The highest BCUT2D eigenvalue weighted by molar-refractivity contribution is 5.15. The van der Waals surface area contributed by atoms with Crippen LogP contribution in [0.5, 0.6) is 0 Å². The Morgan fingerprint density at radius 3 is 2.55 bits per heavy atom. The van der Waals surface area contributed by atoms with Gasteiger partial charge in [-0.1, -0.05) is 0 Å². The highest BCUT2D eigenvalue weighted by Gasteiger charge is 2.05. The zero-order chi connectivity index (χ0) is 8.43. The average molecular weight is 149 g/mol. The number of imidazole rings is 1. The molecule has 1 aromatic rings. The van der Waals surface area contributed by atoms with Gasteiger partial charge < -0.3 is 4.57 Å². The number of rotatable bonds is 1. The van der Waals surface area contributed by atoms with Crippen molar-refractivity contribution in [1.29, 1.82) is 5.26 Å². The summed E-state index contributed by atoms with van der Waals surface area (Å²) in [7, 11) is 1.93. The fraction of sp³-hybridized carbons (Fsp3) is 0.500. The Kier molecular flexibility index (Phi) is 1.95. The van der Waals surface area contributed by atoms with Crippen LogP contribution in [0.2, 0.25) is 0 Å². The molecule has 11 heavy (non-hydrogen) atoms. The monoisotopic (exact) mass is 149 g/mol. The third kappa shape index (κ3) is 1.25. The van der Waals surface area contributed by atoms with Gasteiger partial charge in [0.1, 0.15) is 5.82 Å². The lowest BCUT2D eigenvalue weighted by atomic mass is 10.4. The van der Waals surface area contributed by atoms with Crippen molar-refractivity contribution in [3.63, 3.8) is 0 Å². The first-order chi connectivity index (χ1) is 5.16. The molecule has 0 amide bonds. The largest absolute Gasteiger partial charge is 0.334 e. The van der Waals surface area contributed by atoms with Gasteiger partial charge >= 0.3 is 0 Å². The quantitative estimate of drug-likeness (QED) is 0.600. The van der Waals surface area contributed by atoms with E-state index in [9.17, 15) is 0 Å². The highest BCUT2D eigenvalue weighted by Crippen LogP contribution is 2.07. The van der Waals surface area contributed by atoms with Gasteiger partial charge in [-0.2, -0.15) is 5.26 Å². The van der Waals surface area contributed by atoms with Crippen LogP contribution in [0.1, 0.15) is 17.2 Å². The van der Waals surface area contributed by atoms with Gasteiger partial charge in [-0.05, 0) is 13.8 Å². The molecule has 0 saturated carbocycles. The van der Waals surface area contributed by atoms with E-state index in [2.05, 4.69) is 11.1 Å². The van der Waals surface area contributed by atoms with Gasteiger partial charge in [0.05, 0.1) is 18.2 Å². The summed E-state index contributed by atoms with van der Waals surface area (Å²) in [4.78, 5) is 4.24. The van der Waals surface area contributed by atoms with Crippen molar-refractivity contribution in [2.75, 3.05) is 0 Å². The Morgan fingerprint density at radius 1 is 1.55 bits per heavy atom. The zero-order valence-electron chi connectivity index (χ0n) is 7.05. The van der Waals surface area contributed by atoms with Gasteiger partial charge in [0, 0.05) is 12.7 Å². The SMILES string of the molecule is Cc1nc(CC#N)n(C)c1C. The zero-order valence-corrected chi connectivity index (χ0v) is 7.05. The second kappa shape index (κ2) is 2.75. The van der Waals surface area contributed by atoms with E-state index in [4.69, 9.17) is 5.26 Å². The van der Waals surface area contributed by atoms with Crippen LogP contribution in [0.25, 0.3) is 0 Å². The van der Waals surface area contributed by atoms with E-state index in [1.165, 1.54) is 0 Å². The number of aryl methyl sites for hydroxylation is 1. The van der Waals surface area contributed by atoms with Crippen LogP contribution in [0.3, 0.4) is 0 Å². The van der Waals surface area contributed by atoms with Crippen LogP contribution in [-0.4, -0.2) is 9.55 Å². The van der Waals surface area contributed by atoms with Crippen molar-refractivity contribution in [3.05, 3.63) is 17.2 Å². The number of hydrogen-bond donors (Lipinski definition) is 0. The van der Waals surface area contributed by atoms with E-state index in [1.807, 2.05) is 25.5 Å². The Balaban J connectivity index is 3.10. The maximum absolute atomic E-state index is 8.44. The average Bonchev–Trinajstić information content (AvgIpc) is 2.19. The Hall–Kier alpha value is -1.30. The Morgan fingerprint density at radius 2 is 2.18 bits per heavy atom. The molecule has 0 aliphatic heterocycles. The fourth-order valence-corrected chi connectivity index (χ4v) is 1.01. The number of hydrogen-bond acceptors (Lipinski definition) is 2. The molecular formula is C8H11N3. The van der Waals surface area contributed by atoms with Gasteiger partial charge in [-0.3, -0.25) is 0 Å². The first-order valence-corrected chi connectivity index (χ1v) is 3.52. The van der Waals surface area contributed by atoms with E-state index in [1.54, 1.807) is 0 Å². The molecule has 1 heterocycles. The molecule has 0 aliphatic rings. The molecule has 0 saturated heterocycles. The molecule has 3 heteroatoms. The van der Waals surface area contributed by atoms with E-state index in [0.717, 1.165) is 17.2 Å². The summed E-state index contributed by atoms with van der Waals surface area (Å²) < 4.78 is 1.96. The van der Waals surface area contributed by atoms with E-state index in [-0.39, 0.29) is 0 Å². The normalized spacial score (nSPS) is 9.64. The summed E-state index contributed by atoms with van der Waals surface area (Å²) in [5.41, 5.74) is 2.15. The second-order valence-electron chi connectivity index (χ2n) is 2.59. The standard InChI is InChI=1S/C8H11N3/c1-6-7(2)11(3)8(10-6)4-5-9/h4H2,1-3H3. The molecule has 0 N–H and O–H groups in total. The van der Waals surface area contributed by atoms with Gasteiger partial charge in [0.15, 0.2) is 0 Å². The minimum absolute atomic E-state index is 0.394. The molecule has 1 rings (SSSR count). The smallest absolute Gasteiger partial charge is 0.123 e. The fourth-order valence-electron chi connectivity index (χ4n) is 1.01. The Bertz CT molecular complexity index is 304. The van der Waals surface area contributed by atoms with Crippen molar-refractivity contribution < 1.29 is 0 Å². The van der Waals surface area contributed by atoms with E-state index < -0.39 is 0 Å². The second-order valence-corrected chi connectivity index (χ2v) is 2.59. The molecule has 0 unspecified atom stereocenters. The van der Waals surface area contributed by atoms with Crippen molar-refractivity contribution in [2.24, 2.45) is 7.05 Å². The number of nitrogens with zero attached hydrogens (tertiary/aromatic N) is 3. The maximum Gasteiger partial charge on any atom is 0.123 e. The molecule has 3 nitrogen and oxygen atoms in total. The van der Waals surface area contributed by atoms with Crippen molar-refractivity contribution >= 4 is 0 Å². The van der Waals surface area contributed by atoms with E-state index >= 15 is 0 Å². The van der Waals surface area contributed by atoms with Gasteiger partial charge in [0.2, 0.25) is 0 Å². The van der Waals surface area contributed by atoms with Gasteiger partial charge in [0.25, 0.3) is 0 Å². The molecule has 1 aromatic heterocycles. The summed E-state index contributed by atoms with van der Waals surface area (Å²) in [6, 6.07) is 2.08. The minimum atomic E-state index is 0.394. The first-order valence-electron chi connectivity index (χ1n) is 3.52. The lowest BCUT2D eigenvalue weighted by molar-refractivity contribution is 0.806. The molecule has 0 fully saturated rings. The topological polar surface area (TPSA) is 41.6 Å². The molecule has 0 aromatic carbocycles. The van der Waals surface area contributed by atoms with Crippen molar-refractivity contribution in [3.8, 4) is 6.07 Å². The summed E-state index contributed by atoms with van der Waals surface area (Å²) in [6.07, 6.45) is 0.394. The van der Waals surface area contributed by atoms with Crippen molar-refractivity contribution in [1.82, 2.24) is 9.55 Å². The highest BCUT2D eigenvalue weighted by atomic mass is 15.1. The lowest BCUT2D eigenvalue weighted by Crippen LogP contribution is -1.97. The number of aromatic nitrogens is 2. The maximum atomic E-state index is 8.44. The van der Waals surface area contributed by atoms with Crippen LogP contribution < -0.4 is 0 Å². The Labute approximate surface area is 66.3 Å². The summed E-state index contributed by atoms with van der Waals surface area (Å²) in [5, 5.41) is 8.44.